The van der Waals surface area contributed by atoms with E-state index in [9.17, 15) is 4.79 Å². The molecule has 0 aliphatic carbocycles. The van der Waals surface area contributed by atoms with Crippen LogP contribution in [0.5, 0.6) is 5.75 Å². The van der Waals surface area contributed by atoms with Crippen molar-refractivity contribution in [2.45, 2.75) is 19.9 Å². The summed E-state index contributed by atoms with van der Waals surface area (Å²) in [6.07, 6.45) is 0. The first-order valence-corrected chi connectivity index (χ1v) is 9.95. The number of morpholine rings is 1. The van der Waals surface area contributed by atoms with Crippen LogP contribution in [0, 0.1) is 13.8 Å². The van der Waals surface area contributed by atoms with Crippen LogP contribution < -0.4 is 10.1 Å². The van der Waals surface area contributed by atoms with E-state index in [0.29, 0.717) is 30.5 Å². The van der Waals surface area contributed by atoms with Crippen LogP contribution in [-0.2, 0) is 9.53 Å². The first-order valence-electron chi connectivity index (χ1n) is 9.57. The van der Waals surface area contributed by atoms with E-state index in [2.05, 4.69) is 10.2 Å². The van der Waals surface area contributed by atoms with E-state index in [1.807, 2.05) is 56.3 Å². The quantitative estimate of drug-likeness (QED) is 0.710. The lowest BCUT2D eigenvalue weighted by molar-refractivity contribution is -0.123. The van der Waals surface area contributed by atoms with Gasteiger partial charge < -0.3 is 14.8 Å². The number of carbonyl (C=O) groups is 1. The second-order valence-corrected chi connectivity index (χ2v) is 7.43. The number of hydrogen-bond acceptors (Lipinski definition) is 4. The predicted molar refractivity (Wildman–Crippen MR) is 118 cm³/mol. The third-order valence-electron chi connectivity index (χ3n) is 5.09. The van der Waals surface area contributed by atoms with E-state index in [1.165, 1.54) is 5.56 Å². The van der Waals surface area contributed by atoms with Crippen LogP contribution in [0.3, 0.4) is 0 Å². The molecule has 0 saturated carbocycles. The molecule has 7 heteroatoms. The fourth-order valence-corrected chi connectivity index (χ4v) is 3.55. The smallest absolute Gasteiger partial charge is 0.258 e. The Morgan fingerprint density at radius 3 is 2.59 bits per heavy atom. The van der Waals surface area contributed by atoms with Crippen LogP contribution >= 0.6 is 24.0 Å². The van der Waals surface area contributed by atoms with Crippen molar-refractivity contribution in [3.8, 4) is 5.75 Å². The van der Waals surface area contributed by atoms with Gasteiger partial charge in [-0.25, -0.2) is 0 Å². The number of halogens is 2. The summed E-state index contributed by atoms with van der Waals surface area (Å²) in [4.78, 5) is 14.7. The van der Waals surface area contributed by atoms with Crippen molar-refractivity contribution in [2.24, 2.45) is 0 Å². The minimum atomic E-state index is -0.149. The molecule has 0 radical (unpaired) electrons. The van der Waals surface area contributed by atoms with Crippen LogP contribution in [0.2, 0.25) is 5.02 Å². The molecule has 1 fully saturated rings. The molecule has 2 aromatic rings. The van der Waals surface area contributed by atoms with Gasteiger partial charge in [0.2, 0.25) is 0 Å². The van der Waals surface area contributed by atoms with Gasteiger partial charge in [0.25, 0.3) is 5.91 Å². The number of amides is 1. The predicted octanol–water partition coefficient (Wildman–Crippen LogP) is 3.95. The molecule has 1 unspecified atom stereocenters. The topological polar surface area (TPSA) is 50.8 Å². The van der Waals surface area contributed by atoms with Crippen molar-refractivity contribution in [2.75, 3.05) is 39.5 Å². The van der Waals surface area contributed by atoms with Gasteiger partial charge in [-0.1, -0.05) is 35.9 Å². The zero-order chi connectivity index (χ0) is 19.9. The van der Waals surface area contributed by atoms with E-state index in [0.717, 1.165) is 24.2 Å². The Hall–Kier alpha value is -1.79. The minimum absolute atomic E-state index is 0. The molecule has 1 N–H and O–H groups in total. The molecule has 158 valence electrons. The molecule has 1 heterocycles. The van der Waals surface area contributed by atoms with E-state index in [4.69, 9.17) is 21.1 Å². The number of benzene rings is 2. The summed E-state index contributed by atoms with van der Waals surface area (Å²) in [6, 6.07) is 13.6. The Morgan fingerprint density at radius 2 is 1.90 bits per heavy atom. The largest absolute Gasteiger partial charge is 0.484 e. The van der Waals surface area contributed by atoms with Crippen LogP contribution in [0.25, 0.3) is 0 Å². The van der Waals surface area contributed by atoms with Crippen molar-refractivity contribution in [3.63, 3.8) is 0 Å². The first kappa shape index (κ1) is 23.5. The van der Waals surface area contributed by atoms with Crippen LogP contribution in [-0.4, -0.2) is 50.3 Å². The molecule has 0 aromatic heterocycles. The first-order chi connectivity index (χ1) is 13.5. The zero-order valence-electron chi connectivity index (χ0n) is 16.8. The maximum atomic E-state index is 12.4. The van der Waals surface area contributed by atoms with Gasteiger partial charge in [-0.05, 0) is 48.7 Å². The summed E-state index contributed by atoms with van der Waals surface area (Å²) in [5.74, 6) is 0.553. The van der Waals surface area contributed by atoms with Gasteiger partial charge in [0.15, 0.2) is 6.61 Å². The zero-order valence-corrected chi connectivity index (χ0v) is 18.4. The molecule has 1 aliphatic heterocycles. The lowest BCUT2D eigenvalue weighted by Crippen LogP contribution is -2.44. The summed E-state index contributed by atoms with van der Waals surface area (Å²) in [5.41, 5.74) is 3.36. The standard InChI is InChI=1S/C22H27ClN2O3.ClH/c1-16-7-8-18(13-17(16)2)28-15-22(26)24-14-21(25-9-11-27-12-10-25)19-5-3-4-6-20(19)23;/h3-8,13,21H,9-12,14-15H2,1-2H3,(H,24,26);1H. The maximum Gasteiger partial charge on any atom is 0.258 e. The van der Waals surface area contributed by atoms with Gasteiger partial charge >= 0.3 is 0 Å². The number of aryl methyl sites for hydroxylation is 2. The Labute approximate surface area is 183 Å². The molecular weight excluding hydrogens is 411 g/mol. The third-order valence-corrected chi connectivity index (χ3v) is 5.44. The molecule has 3 rings (SSSR count). The molecule has 1 aliphatic rings. The van der Waals surface area contributed by atoms with Crippen molar-refractivity contribution in [3.05, 3.63) is 64.2 Å². The Kier molecular flexibility index (Phi) is 9.24. The summed E-state index contributed by atoms with van der Waals surface area (Å²) in [6.45, 7) is 7.52. The van der Waals surface area contributed by atoms with Crippen molar-refractivity contribution in [1.29, 1.82) is 0 Å². The maximum absolute atomic E-state index is 12.4. The summed E-state index contributed by atoms with van der Waals surface area (Å²) >= 11 is 6.43. The van der Waals surface area contributed by atoms with Crippen molar-refractivity contribution < 1.29 is 14.3 Å². The number of nitrogens with one attached hydrogen (secondary N) is 1. The number of hydrogen-bond donors (Lipinski definition) is 1. The summed E-state index contributed by atoms with van der Waals surface area (Å²) in [7, 11) is 0. The molecule has 5 nitrogen and oxygen atoms in total. The second-order valence-electron chi connectivity index (χ2n) is 7.02. The van der Waals surface area contributed by atoms with Gasteiger partial charge in [0.1, 0.15) is 5.75 Å². The number of carbonyl (C=O) groups excluding carboxylic acids is 1. The molecule has 1 atom stereocenters. The number of ether oxygens (including phenoxy) is 2. The normalized spacial score (nSPS) is 15.3. The third kappa shape index (κ3) is 6.61. The highest BCUT2D eigenvalue weighted by Crippen LogP contribution is 2.27. The van der Waals surface area contributed by atoms with E-state index < -0.39 is 0 Å². The SMILES string of the molecule is Cc1ccc(OCC(=O)NCC(c2ccccc2Cl)N2CCOCC2)cc1C.Cl. The average molecular weight is 439 g/mol. The molecule has 1 amide bonds. The van der Waals surface area contributed by atoms with Crippen LogP contribution in [0.15, 0.2) is 42.5 Å². The molecule has 0 bridgehead atoms. The van der Waals surface area contributed by atoms with E-state index >= 15 is 0 Å². The summed E-state index contributed by atoms with van der Waals surface area (Å²) in [5, 5.41) is 3.70. The Bertz CT molecular complexity index is 810. The van der Waals surface area contributed by atoms with Crippen LogP contribution in [0.4, 0.5) is 0 Å². The van der Waals surface area contributed by atoms with Gasteiger partial charge in [-0.2, -0.15) is 0 Å². The molecular formula is C22H28Cl2N2O3. The van der Waals surface area contributed by atoms with E-state index in [1.54, 1.807) is 0 Å². The van der Waals surface area contributed by atoms with Gasteiger partial charge in [0, 0.05) is 24.7 Å². The monoisotopic (exact) mass is 438 g/mol. The van der Waals surface area contributed by atoms with Crippen LogP contribution in [0.1, 0.15) is 22.7 Å². The van der Waals surface area contributed by atoms with Gasteiger partial charge in [0.05, 0.1) is 19.3 Å². The number of nitrogens with zero attached hydrogens (tertiary/aromatic N) is 1. The highest BCUT2D eigenvalue weighted by atomic mass is 35.5. The highest BCUT2D eigenvalue weighted by molar-refractivity contribution is 6.31. The number of rotatable bonds is 7. The lowest BCUT2D eigenvalue weighted by atomic mass is 10.0. The second kappa shape index (κ2) is 11.4. The van der Waals surface area contributed by atoms with Gasteiger partial charge in [-0.3, -0.25) is 9.69 Å². The minimum Gasteiger partial charge on any atom is -0.484 e. The van der Waals surface area contributed by atoms with Gasteiger partial charge in [-0.15, -0.1) is 12.4 Å². The average Bonchev–Trinajstić information content (AvgIpc) is 2.71. The van der Waals surface area contributed by atoms with Crippen molar-refractivity contribution >= 4 is 29.9 Å². The highest BCUT2D eigenvalue weighted by Gasteiger charge is 2.24. The molecule has 29 heavy (non-hydrogen) atoms. The van der Waals surface area contributed by atoms with Crippen molar-refractivity contribution in [1.82, 2.24) is 10.2 Å². The Morgan fingerprint density at radius 1 is 1.17 bits per heavy atom. The lowest BCUT2D eigenvalue weighted by Gasteiger charge is -2.35. The fourth-order valence-electron chi connectivity index (χ4n) is 3.28. The van der Waals surface area contributed by atoms with E-state index in [-0.39, 0.29) is 31.0 Å². The molecule has 2 aromatic carbocycles. The molecule has 0 spiro atoms. The summed E-state index contributed by atoms with van der Waals surface area (Å²) < 4.78 is 11.1. The fraction of sp³-hybridized carbons (Fsp3) is 0.409. The Balaban J connectivity index is 0.00000300. The molecule has 1 saturated heterocycles.